The molecule has 6 nitrogen and oxygen atoms in total. The Morgan fingerprint density at radius 1 is 1.07 bits per heavy atom. The summed E-state index contributed by atoms with van der Waals surface area (Å²) in [5.41, 5.74) is 1.45. The van der Waals surface area contributed by atoms with Gasteiger partial charge in [-0.25, -0.2) is 13.1 Å². The molecule has 0 heterocycles. The van der Waals surface area contributed by atoms with Crippen LogP contribution in [0.4, 0.5) is 18.9 Å². The van der Waals surface area contributed by atoms with Crippen molar-refractivity contribution in [2.75, 3.05) is 25.5 Å². The first-order chi connectivity index (χ1) is 12.5. The van der Waals surface area contributed by atoms with Crippen molar-refractivity contribution in [1.82, 2.24) is 4.72 Å². The molecule has 2 N–H and O–H groups in total. The summed E-state index contributed by atoms with van der Waals surface area (Å²) in [4.78, 5) is 1.64. The second kappa shape index (κ2) is 8.15. The Hall–Kier alpha value is -2.30. The molecule has 0 bridgehead atoms. The number of nitrogens with zero attached hydrogens (tertiary/aromatic N) is 1. The number of halogens is 3. The first-order valence-corrected chi connectivity index (χ1v) is 9.27. The molecule has 2 aromatic rings. The summed E-state index contributed by atoms with van der Waals surface area (Å²) in [6.45, 7) is -0.287. The lowest BCUT2D eigenvalue weighted by molar-refractivity contribution is -0.274. The molecule has 27 heavy (non-hydrogen) atoms. The SMILES string of the molecule is CN(C)c1ccc([C@H](O)CNS(=O)(=O)c2ccc(OC(F)(F)F)cc2)cc1. The van der Waals surface area contributed by atoms with Gasteiger partial charge in [-0.15, -0.1) is 13.2 Å². The van der Waals surface area contributed by atoms with Gasteiger partial charge in [0.1, 0.15) is 5.75 Å². The van der Waals surface area contributed by atoms with Gasteiger partial charge in [-0.05, 0) is 42.0 Å². The van der Waals surface area contributed by atoms with Crippen LogP contribution in [0, 0.1) is 0 Å². The van der Waals surface area contributed by atoms with Gasteiger partial charge in [0.2, 0.25) is 10.0 Å². The first-order valence-electron chi connectivity index (χ1n) is 7.79. The molecule has 2 aromatic carbocycles. The van der Waals surface area contributed by atoms with Crippen LogP contribution >= 0.6 is 0 Å². The Bertz CT molecular complexity index is 851. The van der Waals surface area contributed by atoms with E-state index in [2.05, 4.69) is 9.46 Å². The number of sulfonamides is 1. The number of hydrogen-bond acceptors (Lipinski definition) is 5. The lowest BCUT2D eigenvalue weighted by atomic mass is 10.1. The van der Waals surface area contributed by atoms with Crippen molar-refractivity contribution in [3.05, 3.63) is 54.1 Å². The average molecular weight is 404 g/mol. The fourth-order valence-electron chi connectivity index (χ4n) is 2.20. The monoisotopic (exact) mass is 404 g/mol. The van der Waals surface area contributed by atoms with Crippen molar-refractivity contribution in [2.24, 2.45) is 0 Å². The molecule has 0 saturated heterocycles. The van der Waals surface area contributed by atoms with Crippen molar-refractivity contribution < 1.29 is 31.4 Å². The van der Waals surface area contributed by atoms with E-state index in [1.807, 2.05) is 19.0 Å². The predicted molar refractivity (Wildman–Crippen MR) is 94.0 cm³/mol. The van der Waals surface area contributed by atoms with Crippen LogP contribution in [0.5, 0.6) is 5.75 Å². The zero-order chi connectivity index (χ0) is 20.2. The van der Waals surface area contributed by atoms with E-state index in [-0.39, 0.29) is 11.4 Å². The molecule has 0 radical (unpaired) electrons. The first kappa shape index (κ1) is 21.0. The van der Waals surface area contributed by atoms with Crippen molar-refractivity contribution in [1.29, 1.82) is 0 Å². The molecular weight excluding hydrogens is 385 g/mol. The average Bonchev–Trinajstić information content (AvgIpc) is 2.59. The predicted octanol–water partition coefficient (Wildman–Crippen LogP) is 2.66. The number of alkyl halides is 3. The largest absolute Gasteiger partial charge is 0.573 e. The highest BCUT2D eigenvalue weighted by molar-refractivity contribution is 7.89. The summed E-state index contributed by atoms with van der Waals surface area (Å²) in [6, 6.07) is 10.7. The Kier molecular flexibility index (Phi) is 6.34. The molecule has 148 valence electrons. The third kappa shape index (κ3) is 6.12. The Balaban J connectivity index is 2.01. The van der Waals surface area contributed by atoms with E-state index in [1.54, 1.807) is 24.3 Å². The van der Waals surface area contributed by atoms with Crippen molar-refractivity contribution in [3.63, 3.8) is 0 Å². The van der Waals surface area contributed by atoms with Crippen molar-refractivity contribution in [2.45, 2.75) is 17.4 Å². The van der Waals surface area contributed by atoms with Gasteiger partial charge in [0.25, 0.3) is 0 Å². The van der Waals surface area contributed by atoms with Gasteiger partial charge in [-0.3, -0.25) is 0 Å². The second-order valence-corrected chi connectivity index (χ2v) is 7.64. The maximum atomic E-state index is 12.2. The minimum Gasteiger partial charge on any atom is -0.406 e. The third-order valence-electron chi connectivity index (χ3n) is 3.63. The Morgan fingerprint density at radius 2 is 1.63 bits per heavy atom. The third-order valence-corrected chi connectivity index (χ3v) is 5.07. The lowest BCUT2D eigenvalue weighted by Crippen LogP contribution is -2.28. The number of aliphatic hydroxyl groups excluding tert-OH is 1. The number of anilines is 1. The molecular formula is C17H19F3N2O4S. The molecule has 0 aliphatic heterocycles. The Morgan fingerprint density at radius 3 is 2.11 bits per heavy atom. The highest BCUT2D eigenvalue weighted by Crippen LogP contribution is 2.24. The van der Waals surface area contributed by atoms with Crippen LogP contribution in [-0.2, 0) is 10.0 Å². The van der Waals surface area contributed by atoms with E-state index in [0.717, 1.165) is 30.0 Å². The number of benzene rings is 2. The summed E-state index contributed by atoms with van der Waals surface area (Å²) in [5.74, 6) is -0.525. The molecule has 0 aromatic heterocycles. The van der Waals surface area contributed by atoms with E-state index >= 15 is 0 Å². The van der Waals surface area contributed by atoms with Gasteiger partial charge in [0, 0.05) is 26.3 Å². The molecule has 0 unspecified atom stereocenters. The standard InChI is InChI=1S/C17H19F3N2O4S/c1-22(2)13-5-3-12(4-6-13)16(23)11-21-27(24,25)15-9-7-14(8-10-15)26-17(18,19)20/h3-10,16,21,23H,11H2,1-2H3/t16-/m1/s1. The maximum Gasteiger partial charge on any atom is 0.573 e. The smallest absolute Gasteiger partial charge is 0.406 e. The maximum absolute atomic E-state index is 12.2. The minimum atomic E-state index is -4.86. The van der Waals surface area contributed by atoms with Crippen LogP contribution in [0.1, 0.15) is 11.7 Å². The molecule has 0 fully saturated rings. The lowest BCUT2D eigenvalue weighted by Gasteiger charge is -2.16. The van der Waals surface area contributed by atoms with E-state index < -0.39 is 28.2 Å². The van der Waals surface area contributed by atoms with Crippen LogP contribution < -0.4 is 14.4 Å². The normalized spacial score (nSPS) is 13.3. The topological polar surface area (TPSA) is 78.9 Å². The zero-order valence-corrected chi connectivity index (χ0v) is 15.4. The zero-order valence-electron chi connectivity index (χ0n) is 14.6. The fraction of sp³-hybridized carbons (Fsp3) is 0.294. The van der Waals surface area contributed by atoms with E-state index in [0.29, 0.717) is 5.56 Å². The number of aliphatic hydroxyl groups is 1. The summed E-state index contributed by atoms with van der Waals surface area (Å²) in [5, 5.41) is 10.1. The Labute approximate surface area is 155 Å². The summed E-state index contributed by atoms with van der Waals surface area (Å²) >= 11 is 0. The van der Waals surface area contributed by atoms with Gasteiger partial charge < -0.3 is 14.7 Å². The molecule has 1 atom stereocenters. The van der Waals surface area contributed by atoms with E-state index in [4.69, 9.17) is 0 Å². The number of nitrogens with one attached hydrogen (secondary N) is 1. The number of rotatable bonds is 7. The quantitative estimate of drug-likeness (QED) is 0.742. The molecule has 0 aliphatic rings. The molecule has 0 aliphatic carbocycles. The van der Waals surface area contributed by atoms with Gasteiger partial charge in [0.05, 0.1) is 11.0 Å². The van der Waals surface area contributed by atoms with Gasteiger partial charge in [0.15, 0.2) is 0 Å². The number of hydrogen-bond donors (Lipinski definition) is 2. The van der Waals surface area contributed by atoms with Gasteiger partial charge >= 0.3 is 6.36 Å². The van der Waals surface area contributed by atoms with Gasteiger partial charge in [-0.1, -0.05) is 12.1 Å². The summed E-state index contributed by atoms with van der Waals surface area (Å²) in [7, 11) is -0.269. The van der Waals surface area contributed by atoms with Crippen LogP contribution in [0.25, 0.3) is 0 Å². The molecule has 0 amide bonds. The molecule has 0 saturated carbocycles. The minimum absolute atomic E-state index is 0.243. The molecule has 0 spiro atoms. The van der Waals surface area contributed by atoms with Crippen LogP contribution in [0.3, 0.4) is 0 Å². The van der Waals surface area contributed by atoms with Gasteiger partial charge in [-0.2, -0.15) is 0 Å². The van der Waals surface area contributed by atoms with Crippen molar-refractivity contribution in [3.8, 4) is 5.75 Å². The van der Waals surface area contributed by atoms with E-state index in [9.17, 15) is 26.7 Å². The highest BCUT2D eigenvalue weighted by atomic mass is 32.2. The van der Waals surface area contributed by atoms with Crippen LogP contribution in [0.2, 0.25) is 0 Å². The number of ether oxygens (including phenoxy) is 1. The van der Waals surface area contributed by atoms with Crippen LogP contribution in [-0.4, -0.2) is 40.5 Å². The molecule has 2 rings (SSSR count). The fourth-order valence-corrected chi connectivity index (χ4v) is 3.24. The highest BCUT2D eigenvalue weighted by Gasteiger charge is 2.31. The second-order valence-electron chi connectivity index (χ2n) is 5.87. The van der Waals surface area contributed by atoms with E-state index in [1.165, 1.54) is 0 Å². The summed E-state index contributed by atoms with van der Waals surface area (Å²) < 4.78 is 66.7. The van der Waals surface area contributed by atoms with Crippen molar-refractivity contribution >= 4 is 15.7 Å². The molecule has 10 heteroatoms. The van der Waals surface area contributed by atoms with Crippen LogP contribution in [0.15, 0.2) is 53.4 Å². The summed E-state index contributed by atoms with van der Waals surface area (Å²) in [6.07, 6.45) is -5.94.